The normalized spacial score (nSPS) is 20.0. The molecule has 108 valence electrons. The number of aliphatic hydroxyl groups excluding tert-OH is 1. The lowest BCUT2D eigenvalue weighted by atomic mass is 10.1. The van der Waals surface area contributed by atoms with Crippen molar-refractivity contribution in [2.45, 2.75) is 38.4 Å². The molecule has 1 heterocycles. The summed E-state index contributed by atoms with van der Waals surface area (Å²) in [5.74, 6) is 0. The molecular formula is C13H26O5. The molecule has 0 spiro atoms. The Balaban J connectivity index is 1.88. The fraction of sp³-hybridized carbons (Fsp3) is 1.00. The van der Waals surface area contributed by atoms with E-state index in [-0.39, 0.29) is 12.7 Å². The Morgan fingerprint density at radius 1 is 1.17 bits per heavy atom. The van der Waals surface area contributed by atoms with E-state index >= 15 is 0 Å². The van der Waals surface area contributed by atoms with E-state index < -0.39 is 0 Å². The van der Waals surface area contributed by atoms with Gasteiger partial charge in [-0.25, -0.2) is 0 Å². The maximum absolute atomic E-state index is 8.50. The highest BCUT2D eigenvalue weighted by Crippen LogP contribution is 2.21. The molecule has 0 aromatic heterocycles. The minimum atomic E-state index is 0.0591. The van der Waals surface area contributed by atoms with E-state index in [0.29, 0.717) is 39.1 Å². The summed E-state index contributed by atoms with van der Waals surface area (Å²) in [6, 6.07) is 0. The summed E-state index contributed by atoms with van der Waals surface area (Å²) >= 11 is 0. The Morgan fingerprint density at radius 3 is 2.44 bits per heavy atom. The topological polar surface area (TPSA) is 60.5 Å². The van der Waals surface area contributed by atoms with E-state index in [1.165, 1.54) is 12.8 Å². The van der Waals surface area contributed by atoms with Crippen LogP contribution in [0.3, 0.4) is 0 Å². The summed E-state index contributed by atoms with van der Waals surface area (Å²) in [6.07, 6.45) is 3.98. The van der Waals surface area contributed by atoms with Gasteiger partial charge in [0.05, 0.1) is 52.4 Å². The van der Waals surface area contributed by atoms with Gasteiger partial charge in [0, 0.05) is 0 Å². The highest BCUT2D eigenvalue weighted by atomic mass is 16.6. The van der Waals surface area contributed by atoms with Crippen LogP contribution in [0.2, 0.25) is 0 Å². The average Bonchev–Trinajstić information content (AvgIpc) is 3.20. The molecule has 2 unspecified atom stereocenters. The molecule has 1 aliphatic rings. The number of hydrogen-bond donors (Lipinski definition) is 1. The standard InChI is InChI=1S/C13H26O5/c1-2-3-4-12(13-11-18-13)17-10-9-16-8-7-15-6-5-14/h12-14H,2-11H2,1H3. The molecule has 0 saturated carbocycles. The Morgan fingerprint density at radius 2 is 1.83 bits per heavy atom. The van der Waals surface area contributed by atoms with Crippen LogP contribution in [0.1, 0.15) is 26.2 Å². The predicted molar refractivity (Wildman–Crippen MR) is 67.7 cm³/mol. The maximum atomic E-state index is 8.50. The van der Waals surface area contributed by atoms with Crippen LogP contribution in [0.5, 0.6) is 0 Å². The van der Waals surface area contributed by atoms with Crippen LogP contribution < -0.4 is 0 Å². The Labute approximate surface area is 109 Å². The molecule has 2 atom stereocenters. The maximum Gasteiger partial charge on any atom is 0.107 e. The van der Waals surface area contributed by atoms with E-state index in [1.807, 2.05) is 0 Å². The molecule has 0 amide bonds. The zero-order valence-electron chi connectivity index (χ0n) is 11.3. The number of ether oxygens (including phenoxy) is 4. The van der Waals surface area contributed by atoms with Crippen molar-refractivity contribution in [1.82, 2.24) is 0 Å². The highest BCUT2D eigenvalue weighted by Gasteiger charge is 2.32. The minimum absolute atomic E-state index is 0.0591. The van der Waals surface area contributed by atoms with Crippen LogP contribution >= 0.6 is 0 Å². The van der Waals surface area contributed by atoms with Gasteiger partial charge in [0.25, 0.3) is 0 Å². The molecule has 1 saturated heterocycles. The average molecular weight is 262 g/mol. The van der Waals surface area contributed by atoms with Crippen molar-refractivity contribution in [2.75, 3.05) is 46.2 Å². The van der Waals surface area contributed by atoms with Crippen LogP contribution in [0.15, 0.2) is 0 Å². The Bertz CT molecular complexity index is 184. The molecule has 5 nitrogen and oxygen atoms in total. The quantitative estimate of drug-likeness (QED) is 0.396. The molecule has 1 N–H and O–H groups in total. The summed E-state index contributed by atoms with van der Waals surface area (Å²) in [4.78, 5) is 0. The second-order valence-electron chi connectivity index (χ2n) is 4.37. The molecular weight excluding hydrogens is 236 g/mol. The Hall–Kier alpha value is -0.200. The molecule has 0 bridgehead atoms. The predicted octanol–water partition coefficient (Wildman–Crippen LogP) is 0.986. The SMILES string of the molecule is CCCCC(OCCOCCOCCO)C1CO1. The van der Waals surface area contributed by atoms with Crippen molar-refractivity contribution in [2.24, 2.45) is 0 Å². The smallest absolute Gasteiger partial charge is 0.107 e. The van der Waals surface area contributed by atoms with E-state index in [9.17, 15) is 0 Å². The van der Waals surface area contributed by atoms with Gasteiger partial charge in [0.15, 0.2) is 0 Å². The monoisotopic (exact) mass is 262 g/mol. The summed E-state index contributed by atoms with van der Waals surface area (Å²) in [5.41, 5.74) is 0. The lowest BCUT2D eigenvalue weighted by Gasteiger charge is -2.15. The fourth-order valence-electron chi connectivity index (χ4n) is 1.70. The first-order chi connectivity index (χ1) is 8.88. The van der Waals surface area contributed by atoms with Gasteiger partial charge in [-0.05, 0) is 6.42 Å². The largest absolute Gasteiger partial charge is 0.394 e. The fourth-order valence-corrected chi connectivity index (χ4v) is 1.70. The third kappa shape index (κ3) is 8.00. The molecule has 0 radical (unpaired) electrons. The molecule has 1 fully saturated rings. The second-order valence-corrected chi connectivity index (χ2v) is 4.37. The molecule has 0 aromatic rings. The number of epoxide rings is 1. The molecule has 0 aromatic carbocycles. The van der Waals surface area contributed by atoms with Crippen molar-refractivity contribution in [3.63, 3.8) is 0 Å². The Kier molecular flexibility index (Phi) is 9.42. The third-order valence-corrected chi connectivity index (χ3v) is 2.78. The zero-order chi connectivity index (χ0) is 13.1. The van der Waals surface area contributed by atoms with Gasteiger partial charge < -0.3 is 24.1 Å². The third-order valence-electron chi connectivity index (χ3n) is 2.78. The first kappa shape index (κ1) is 15.9. The van der Waals surface area contributed by atoms with Crippen LogP contribution in [-0.2, 0) is 18.9 Å². The van der Waals surface area contributed by atoms with Crippen molar-refractivity contribution >= 4 is 0 Å². The summed E-state index contributed by atoms with van der Waals surface area (Å²) in [6.45, 7) is 5.70. The van der Waals surface area contributed by atoms with Gasteiger partial charge in [0.1, 0.15) is 6.10 Å². The summed E-state index contributed by atoms with van der Waals surface area (Å²) in [7, 11) is 0. The van der Waals surface area contributed by atoms with Crippen LogP contribution in [0.25, 0.3) is 0 Å². The summed E-state index contributed by atoms with van der Waals surface area (Å²) in [5, 5.41) is 8.50. The van der Waals surface area contributed by atoms with Crippen LogP contribution in [0.4, 0.5) is 0 Å². The van der Waals surface area contributed by atoms with Gasteiger partial charge >= 0.3 is 0 Å². The van der Waals surface area contributed by atoms with Crippen LogP contribution in [-0.4, -0.2) is 63.6 Å². The van der Waals surface area contributed by atoms with Gasteiger partial charge in [-0.3, -0.25) is 0 Å². The van der Waals surface area contributed by atoms with Crippen LogP contribution in [0, 0.1) is 0 Å². The lowest BCUT2D eigenvalue weighted by molar-refractivity contribution is -0.0246. The van der Waals surface area contributed by atoms with Crippen molar-refractivity contribution in [1.29, 1.82) is 0 Å². The van der Waals surface area contributed by atoms with E-state index in [0.717, 1.165) is 13.0 Å². The van der Waals surface area contributed by atoms with Gasteiger partial charge in [-0.15, -0.1) is 0 Å². The summed E-state index contributed by atoms with van der Waals surface area (Å²) < 4.78 is 21.5. The highest BCUT2D eigenvalue weighted by molar-refractivity contribution is 4.79. The number of unbranched alkanes of at least 4 members (excludes halogenated alkanes) is 1. The van der Waals surface area contributed by atoms with E-state index in [1.54, 1.807) is 0 Å². The van der Waals surface area contributed by atoms with Crippen molar-refractivity contribution in [3.8, 4) is 0 Å². The minimum Gasteiger partial charge on any atom is -0.394 e. The molecule has 1 rings (SSSR count). The molecule has 0 aliphatic carbocycles. The van der Waals surface area contributed by atoms with Crippen molar-refractivity contribution in [3.05, 3.63) is 0 Å². The van der Waals surface area contributed by atoms with Gasteiger partial charge in [-0.1, -0.05) is 19.8 Å². The van der Waals surface area contributed by atoms with Gasteiger partial charge in [-0.2, -0.15) is 0 Å². The molecule has 18 heavy (non-hydrogen) atoms. The lowest BCUT2D eigenvalue weighted by Crippen LogP contribution is -2.22. The number of aliphatic hydroxyl groups is 1. The van der Waals surface area contributed by atoms with Crippen molar-refractivity contribution < 1.29 is 24.1 Å². The molecule has 1 aliphatic heterocycles. The number of hydrogen-bond acceptors (Lipinski definition) is 5. The second kappa shape index (κ2) is 10.7. The van der Waals surface area contributed by atoms with Gasteiger partial charge in [0.2, 0.25) is 0 Å². The zero-order valence-corrected chi connectivity index (χ0v) is 11.3. The molecule has 5 heteroatoms. The first-order valence-electron chi connectivity index (χ1n) is 6.88. The van der Waals surface area contributed by atoms with E-state index in [2.05, 4.69) is 6.92 Å². The first-order valence-corrected chi connectivity index (χ1v) is 6.88. The van der Waals surface area contributed by atoms with E-state index in [4.69, 9.17) is 24.1 Å². The number of rotatable bonds is 13.